The number of Topliss-reactive ketones (excluding diaryl/α,β-unsaturated/α-hetero) is 1. The summed E-state index contributed by atoms with van der Waals surface area (Å²) >= 11 is 5.76. The number of carbonyl (C=O) groups excluding carboxylic acids is 2. The van der Waals surface area contributed by atoms with Crippen LogP contribution in [0, 0.1) is 10.1 Å². The number of ether oxygens (including phenoxy) is 3. The van der Waals surface area contributed by atoms with Crippen LogP contribution in [0.4, 0.5) is 5.69 Å². The lowest BCUT2D eigenvalue weighted by atomic mass is 10.1. The Morgan fingerprint density at radius 3 is 2.38 bits per heavy atom. The Labute approximate surface area is 153 Å². The Morgan fingerprint density at radius 1 is 1.08 bits per heavy atom. The van der Waals surface area contributed by atoms with E-state index >= 15 is 0 Å². The molecule has 0 aromatic heterocycles. The van der Waals surface area contributed by atoms with Crippen molar-refractivity contribution in [2.45, 2.75) is 0 Å². The zero-order chi connectivity index (χ0) is 19.3. The third-order valence-corrected chi connectivity index (χ3v) is 3.65. The highest BCUT2D eigenvalue weighted by Gasteiger charge is 2.23. The van der Waals surface area contributed by atoms with E-state index in [1.807, 2.05) is 0 Å². The number of hydrogen-bond acceptors (Lipinski definition) is 7. The van der Waals surface area contributed by atoms with Gasteiger partial charge in [0.1, 0.15) is 5.56 Å². The van der Waals surface area contributed by atoms with E-state index < -0.39 is 29.0 Å². The monoisotopic (exact) mass is 379 g/mol. The first-order chi connectivity index (χ1) is 12.4. The van der Waals surface area contributed by atoms with Gasteiger partial charge in [-0.25, -0.2) is 4.79 Å². The summed E-state index contributed by atoms with van der Waals surface area (Å²) in [7, 11) is 2.88. The molecule has 8 nitrogen and oxygen atoms in total. The van der Waals surface area contributed by atoms with Crippen molar-refractivity contribution in [3.8, 4) is 11.5 Å². The molecule has 2 rings (SSSR count). The number of benzene rings is 2. The summed E-state index contributed by atoms with van der Waals surface area (Å²) in [4.78, 5) is 34.6. The van der Waals surface area contributed by atoms with E-state index in [1.54, 1.807) is 0 Å². The first kappa shape index (κ1) is 19.2. The fourth-order valence-electron chi connectivity index (χ4n) is 2.13. The van der Waals surface area contributed by atoms with Gasteiger partial charge in [-0.15, -0.1) is 0 Å². The molecule has 0 unspecified atom stereocenters. The second-order valence-electron chi connectivity index (χ2n) is 4.99. The molecule has 0 saturated carbocycles. The van der Waals surface area contributed by atoms with Crippen LogP contribution < -0.4 is 9.47 Å². The number of rotatable bonds is 7. The van der Waals surface area contributed by atoms with E-state index in [-0.39, 0.29) is 16.1 Å². The number of nitrogens with zero attached hydrogens (tertiary/aromatic N) is 1. The van der Waals surface area contributed by atoms with Gasteiger partial charge >= 0.3 is 5.97 Å². The number of methoxy groups -OCH3 is 2. The molecule has 0 fully saturated rings. The molecule has 0 heterocycles. The smallest absolute Gasteiger partial charge is 0.345 e. The standard InChI is InChI=1S/C17H14ClNO7/c1-24-15-6-3-10(7-16(15)25-2)14(20)9-26-17(21)12-8-11(18)4-5-13(12)19(22)23/h3-8H,9H2,1-2H3. The first-order valence-corrected chi connectivity index (χ1v) is 7.61. The van der Waals surface area contributed by atoms with Crippen molar-refractivity contribution in [2.75, 3.05) is 20.8 Å². The molecular weight excluding hydrogens is 366 g/mol. The van der Waals surface area contributed by atoms with Crippen LogP contribution in [-0.2, 0) is 4.74 Å². The van der Waals surface area contributed by atoms with Gasteiger partial charge in [-0.2, -0.15) is 0 Å². The normalized spacial score (nSPS) is 10.1. The Bertz CT molecular complexity index is 866. The number of ketones is 1. The maximum Gasteiger partial charge on any atom is 0.345 e. The molecule has 0 aliphatic carbocycles. The van der Waals surface area contributed by atoms with Crippen molar-refractivity contribution < 1.29 is 28.7 Å². The van der Waals surface area contributed by atoms with E-state index in [9.17, 15) is 19.7 Å². The van der Waals surface area contributed by atoms with Crippen LogP contribution in [0.25, 0.3) is 0 Å². The molecule has 26 heavy (non-hydrogen) atoms. The molecule has 0 aliphatic rings. The molecule has 2 aromatic carbocycles. The van der Waals surface area contributed by atoms with Crippen LogP contribution in [0.2, 0.25) is 5.02 Å². The van der Waals surface area contributed by atoms with Crippen LogP contribution in [0.3, 0.4) is 0 Å². The molecule has 0 atom stereocenters. The van der Waals surface area contributed by atoms with E-state index in [4.69, 9.17) is 25.8 Å². The summed E-state index contributed by atoms with van der Waals surface area (Å²) in [5.74, 6) is -0.747. The summed E-state index contributed by atoms with van der Waals surface area (Å²) < 4.78 is 15.1. The average molecular weight is 380 g/mol. The van der Waals surface area contributed by atoms with Gasteiger partial charge in [0.15, 0.2) is 23.9 Å². The highest BCUT2D eigenvalue weighted by atomic mass is 35.5. The van der Waals surface area contributed by atoms with Crippen LogP contribution >= 0.6 is 11.6 Å². The minimum absolute atomic E-state index is 0.133. The Balaban J connectivity index is 2.14. The third-order valence-electron chi connectivity index (χ3n) is 3.42. The lowest BCUT2D eigenvalue weighted by Gasteiger charge is -2.09. The van der Waals surface area contributed by atoms with Gasteiger partial charge in [-0.05, 0) is 30.3 Å². The molecule has 0 saturated heterocycles. The van der Waals surface area contributed by atoms with Crippen molar-refractivity contribution in [3.05, 3.63) is 62.7 Å². The lowest BCUT2D eigenvalue weighted by Crippen LogP contribution is -2.15. The van der Waals surface area contributed by atoms with Gasteiger partial charge in [0, 0.05) is 16.7 Å². The molecular formula is C17H14ClNO7. The fraction of sp³-hybridized carbons (Fsp3) is 0.176. The van der Waals surface area contributed by atoms with Crippen molar-refractivity contribution in [2.24, 2.45) is 0 Å². The summed E-state index contributed by atoms with van der Waals surface area (Å²) in [6.07, 6.45) is 0. The van der Waals surface area contributed by atoms with Crippen molar-refractivity contribution >= 4 is 29.0 Å². The largest absolute Gasteiger partial charge is 0.493 e. The highest BCUT2D eigenvalue weighted by molar-refractivity contribution is 6.31. The Morgan fingerprint density at radius 2 is 1.77 bits per heavy atom. The SMILES string of the molecule is COc1ccc(C(=O)COC(=O)c2cc(Cl)ccc2[N+](=O)[O-])cc1OC. The number of esters is 1. The molecule has 0 spiro atoms. The summed E-state index contributed by atoms with van der Waals surface area (Å²) in [6.45, 7) is -0.599. The molecule has 0 N–H and O–H groups in total. The maximum absolute atomic E-state index is 12.2. The van der Waals surface area contributed by atoms with Gasteiger partial charge in [-0.1, -0.05) is 11.6 Å². The van der Waals surface area contributed by atoms with Gasteiger partial charge in [0.25, 0.3) is 5.69 Å². The van der Waals surface area contributed by atoms with Crippen molar-refractivity contribution in [3.63, 3.8) is 0 Å². The molecule has 2 aromatic rings. The minimum Gasteiger partial charge on any atom is -0.493 e. The molecule has 136 valence electrons. The number of hydrogen-bond donors (Lipinski definition) is 0. The fourth-order valence-corrected chi connectivity index (χ4v) is 2.30. The molecule has 0 bridgehead atoms. The minimum atomic E-state index is -1.02. The highest BCUT2D eigenvalue weighted by Crippen LogP contribution is 2.28. The van der Waals surface area contributed by atoms with Gasteiger partial charge in [0.2, 0.25) is 0 Å². The predicted molar refractivity (Wildman–Crippen MR) is 92.3 cm³/mol. The van der Waals surface area contributed by atoms with E-state index in [0.717, 1.165) is 12.1 Å². The number of nitro groups is 1. The first-order valence-electron chi connectivity index (χ1n) is 7.23. The Kier molecular flexibility index (Phi) is 6.13. The van der Waals surface area contributed by atoms with Gasteiger partial charge in [-0.3, -0.25) is 14.9 Å². The van der Waals surface area contributed by atoms with Gasteiger partial charge < -0.3 is 14.2 Å². The van der Waals surface area contributed by atoms with Crippen LogP contribution in [0.15, 0.2) is 36.4 Å². The quantitative estimate of drug-likeness (QED) is 0.314. The maximum atomic E-state index is 12.2. The summed E-state index contributed by atoms with van der Waals surface area (Å²) in [5, 5.41) is 11.1. The second-order valence-corrected chi connectivity index (χ2v) is 5.42. The average Bonchev–Trinajstić information content (AvgIpc) is 2.64. The number of halogens is 1. The molecule has 9 heteroatoms. The molecule has 0 amide bonds. The number of nitro benzene ring substituents is 1. The zero-order valence-corrected chi connectivity index (χ0v) is 14.6. The van der Waals surface area contributed by atoms with Crippen molar-refractivity contribution in [1.29, 1.82) is 0 Å². The predicted octanol–water partition coefficient (Wildman–Crippen LogP) is 3.31. The molecule has 0 aliphatic heterocycles. The van der Waals surface area contributed by atoms with Crippen LogP contribution in [0.5, 0.6) is 11.5 Å². The topological polar surface area (TPSA) is 105 Å². The van der Waals surface area contributed by atoms with E-state index in [2.05, 4.69) is 0 Å². The summed E-state index contributed by atoms with van der Waals surface area (Å²) in [5.41, 5.74) is -0.559. The number of carbonyl (C=O) groups is 2. The van der Waals surface area contributed by atoms with Gasteiger partial charge in [0.05, 0.1) is 19.1 Å². The van der Waals surface area contributed by atoms with Crippen molar-refractivity contribution in [1.82, 2.24) is 0 Å². The Hall–Kier alpha value is -3.13. The zero-order valence-electron chi connectivity index (χ0n) is 13.9. The van der Waals surface area contributed by atoms with Crippen LogP contribution in [-0.4, -0.2) is 37.5 Å². The third kappa shape index (κ3) is 4.28. The lowest BCUT2D eigenvalue weighted by molar-refractivity contribution is -0.385. The molecule has 0 radical (unpaired) electrons. The van der Waals surface area contributed by atoms with E-state index in [1.165, 1.54) is 38.5 Å². The summed E-state index contributed by atoms with van der Waals surface area (Å²) in [6, 6.07) is 7.95. The second kappa shape index (κ2) is 8.30. The van der Waals surface area contributed by atoms with E-state index in [0.29, 0.717) is 11.5 Å². The van der Waals surface area contributed by atoms with Crippen LogP contribution in [0.1, 0.15) is 20.7 Å².